The Kier molecular flexibility index (Phi) is 4.82. The molecular weight excluding hydrogens is 272 g/mol. The Labute approximate surface area is 134 Å². The molecule has 0 spiro atoms. The zero-order valence-electron chi connectivity index (χ0n) is 14.0. The van der Waals surface area contributed by atoms with E-state index in [0.29, 0.717) is 6.04 Å². The molecule has 2 aliphatic rings. The fraction of sp³-hybridized carbons (Fsp3) is 0.632. The Morgan fingerprint density at radius 3 is 2.27 bits per heavy atom. The summed E-state index contributed by atoms with van der Waals surface area (Å²) in [7, 11) is 0. The van der Waals surface area contributed by atoms with Gasteiger partial charge in [-0.3, -0.25) is 4.79 Å². The smallest absolute Gasteiger partial charge is 0.253 e. The molecular formula is C19H28N2O. The zero-order chi connectivity index (χ0) is 15.5. The summed E-state index contributed by atoms with van der Waals surface area (Å²) in [5.74, 6) is 0.209. The Bertz CT molecular complexity index is 526. The summed E-state index contributed by atoms with van der Waals surface area (Å²) in [4.78, 5) is 17.4. The molecule has 22 heavy (non-hydrogen) atoms. The van der Waals surface area contributed by atoms with E-state index < -0.39 is 0 Å². The Morgan fingerprint density at radius 2 is 1.64 bits per heavy atom. The van der Waals surface area contributed by atoms with Crippen molar-refractivity contribution in [1.29, 1.82) is 0 Å². The number of hydrogen-bond donors (Lipinski definition) is 0. The van der Waals surface area contributed by atoms with Crippen LogP contribution in [0.15, 0.2) is 18.2 Å². The lowest BCUT2D eigenvalue weighted by Gasteiger charge is -2.40. The van der Waals surface area contributed by atoms with Crippen molar-refractivity contribution in [3.63, 3.8) is 0 Å². The molecule has 2 fully saturated rings. The van der Waals surface area contributed by atoms with E-state index in [1.54, 1.807) is 0 Å². The van der Waals surface area contributed by atoms with Gasteiger partial charge in [-0.1, -0.05) is 12.5 Å². The minimum absolute atomic E-state index is 0.209. The minimum Gasteiger partial charge on any atom is -0.339 e. The van der Waals surface area contributed by atoms with Crippen LogP contribution in [0.25, 0.3) is 0 Å². The van der Waals surface area contributed by atoms with Crippen LogP contribution in [0.3, 0.4) is 0 Å². The standard InChI is InChI=1S/C19H28N2O/c1-15-6-7-17(14-16(15)2)19(22)21-12-8-18(9-13-21)20-10-4-3-5-11-20/h6-7,14,18H,3-5,8-13H2,1-2H3. The number of nitrogens with zero attached hydrogens (tertiary/aromatic N) is 2. The maximum absolute atomic E-state index is 12.7. The predicted octanol–water partition coefficient (Wildman–Crippen LogP) is 3.39. The number of aryl methyl sites for hydroxylation is 2. The van der Waals surface area contributed by atoms with Crippen molar-refractivity contribution in [2.75, 3.05) is 26.2 Å². The third-order valence-electron chi connectivity index (χ3n) is 5.41. The first-order valence-electron chi connectivity index (χ1n) is 8.76. The molecule has 0 N–H and O–H groups in total. The molecule has 0 radical (unpaired) electrons. The van der Waals surface area contributed by atoms with Gasteiger partial charge in [0.1, 0.15) is 0 Å². The van der Waals surface area contributed by atoms with Crippen LogP contribution in [0.1, 0.15) is 53.6 Å². The molecule has 3 nitrogen and oxygen atoms in total. The number of piperidine rings is 2. The zero-order valence-corrected chi connectivity index (χ0v) is 14.0. The Hall–Kier alpha value is -1.35. The number of benzene rings is 1. The fourth-order valence-electron chi connectivity index (χ4n) is 3.77. The van der Waals surface area contributed by atoms with E-state index in [2.05, 4.69) is 24.8 Å². The topological polar surface area (TPSA) is 23.6 Å². The van der Waals surface area contributed by atoms with Crippen LogP contribution in [-0.2, 0) is 0 Å². The summed E-state index contributed by atoms with van der Waals surface area (Å²) in [6.45, 7) is 8.51. The number of carbonyl (C=O) groups is 1. The molecule has 0 saturated carbocycles. The molecule has 3 rings (SSSR count). The number of amides is 1. The minimum atomic E-state index is 0.209. The molecule has 2 heterocycles. The van der Waals surface area contributed by atoms with Gasteiger partial charge in [-0.25, -0.2) is 0 Å². The molecule has 120 valence electrons. The van der Waals surface area contributed by atoms with Gasteiger partial charge in [-0.2, -0.15) is 0 Å². The molecule has 0 bridgehead atoms. The van der Waals surface area contributed by atoms with Crippen LogP contribution in [0, 0.1) is 13.8 Å². The fourth-order valence-corrected chi connectivity index (χ4v) is 3.77. The third kappa shape index (κ3) is 3.35. The highest BCUT2D eigenvalue weighted by molar-refractivity contribution is 5.94. The lowest BCUT2D eigenvalue weighted by atomic mass is 9.99. The largest absolute Gasteiger partial charge is 0.339 e. The molecule has 0 aromatic heterocycles. The van der Waals surface area contributed by atoms with Crippen molar-refractivity contribution in [1.82, 2.24) is 9.80 Å². The summed E-state index contributed by atoms with van der Waals surface area (Å²) in [5, 5.41) is 0. The maximum atomic E-state index is 12.7. The Morgan fingerprint density at radius 1 is 0.955 bits per heavy atom. The molecule has 1 aromatic carbocycles. The van der Waals surface area contributed by atoms with Gasteiger partial charge in [-0.15, -0.1) is 0 Å². The number of carbonyl (C=O) groups excluding carboxylic acids is 1. The maximum Gasteiger partial charge on any atom is 0.253 e. The summed E-state index contributed by atoms with van der Waals surface area (Å²) in [6.07, 6.45) is 6.36. The summed E-state index contributed by atoms with van der Waals surface area (Å²) in [6, 6.07) is 6.77. The van der Waals surface area contributed by atoms with Gasteiger partial charge in [0, 0.05) is 24.7 Å². The number of hydrogen-bond acceptors (Lipinski definition) is 2. The third-order valence-corrected chi connectivity index (χ3v) is 5.41. The molecule has 0 atom stereocenters. The van der Waals surface area contributed by atoms with E-state index in [4.69, 9.17) is 0 Å². The van der Waals surface area contributed by atoms with E-state index in [1.165, 1.54) is 43.5 Å². The van der Waals surface area contributed by atoms with Gasteiger partial charge >= 0.3 is 0 Å². The van der Waals surface area contributed by atoms with Crippen molar-refractivity contribution in [2.24, 2.45) is 0 Å². The van der Waals surface area contributed by atoms with Crippen LogP contribution < -0.4 is 0 Å². The molecule has 0 unspecified atom stereocenters. The first kappa shape index (κ1) is 15.5. The molecule has 3 heteroatoms. The van der Waals surface area contributed by atoms with E-state index >= 15 is 0 Å². The molecule has 1 aromatic rings. The van der Waals surface area contributed by atoms with E-state index in [1.807, 2.05) is 17.0 Å². The van der Waals surface area contributed by atoms with Gasteiger partial charge in [0.05, 0.1) is 0 Å². The van der Waals surface area contributed by atoms with Crippen molar-refractivity contribution >= 4 is 5.91 Å². The number of likely N-dealkylation sites (tertiary alicyclic amines) is 2. The average molecular weight is 300 g/mol. The van der Waals surface area contributed by atoms with Gasteiger partial charge < -0.3 is 9.80 Å². The monoisotopic (exact) mass is 300 g/mol. The molecule has 2 saturated heterocycles. The van der Waals surface area contributed by atoms with Crippen molar-refractivity contribution in [3.8, 4) is 0 Å². The summed E-state index contributed by atoms with van der Waals surface area (Å²) >= 11 is 0. The van der Waals surface area contributed by atoms with Crippen LogP contribution >= 0.6 is 0 Å². The van der Waals surface area contributed by atoms with Crippen LogP contribution in [0.5, 0.6) is 0 Å². The molecule has 1 amide bonds. The summed E-state index contributed by atoms with van der Waals surface area (Å²) in [5.41, 5.74) is 3.30. The van der Waals surface area contributed by atoms with Crippen molar-refractivity contribution in [3.05, 3.63) is 34.9 Å². The van der Waals surface area contributed by atoms with E-state index in [0.717, 1.165) is 31.5 Å². The molecule has 0 aliphatic carbocycles. The summed E-state index contributed by atoms with van der Waals surface area (Å²) < 4.78 is 0. The second-order valence-corrected chi connectivity index (χ2v) is 6.92. The molecule has 2 aliphatic heterocycles. The quantitative estimate of drug-likeness (QED) is 0.836. The second-order valence-electron chi connectivity index (χ2n) is 6.92. The van der Waals surface area contributed by atoms with Gasteiger partial charge in [0.25, 0.3) is 5.91 Å². The van der Waals surface area contributed by atoms with Crippen molar-refractivity contribution in [2.45, 2.75) is 52.0 Å². The predicted molar refractivity (Wildman–Crippen MR) is 90.3 cm³/mol. The van der Waals surface area contributed by atoms with Gasteiger partial charge in [-0.05, 0) is 75.9 Å². The highest BCUT2D eigenvalue weighted by atomic mass is 16.2. The van der Waals surface area contributed by atoms with Gasteiger partial charge in [0.2, 0.25) is 0 Å². The lowest BCUT2D eigenvalue weighted by Crippen LogP contribution is -2.48. The first-order chi connectivity index (χ1) is 10.6. The second kappa shape index (κ2) is 6.82. The SMILES string of the molecule is Cc1ccc(C(=O)N2CCC(N3CCCCC3)CC2)cc1C. The lowest BCUT2D eigenvalue weighted by molar-refractivity contribution is 0.0590. The van der Waals surface area contributed by atoms with E-state index in [-0.39, 0.29) is 5.91 Å². The highest BCUT2D eigenvalue weighted by Crippen LogP contribution is 2.22. The van der Waals surface area contributed by atoms with E-state index in [9.17, 15) is 4.79 Å². The van der Waals surface area contributed by atoms with Crippen LogP contribution in [-0.4, -0.2) is 47.9 Å². The Balaban J connectivity index is 1.58. The number of rotatable bonds is 2. The first-order valence-corrected chi connectivity index (χ1v) is 8.76. The average Bonchev–Trinajstić information content (AvgIpc) is 2.58. The normalized spacial score (nSPS) is 21.1. The van der Waals surface area contributed by atoms with Gasteiger partial charge in [0.15, 0.2) is 0 Å². The van der Waals surface area contributed by atoms with Crippen LogP contribution in [0.2, 0.25) is 0 Å². The highest BCUT2D eigenvalue weighted by Gasteiger charge is 2.28. The van der Waals surface area contributed by atoms with Crippen molar-refractivity contribution < 1.29 is 4.79 Å². The van der Waals surface area contributed by atoms with Crippen LogP contribution in [0.4, 0.5) is 0 Å².